The maximum atomic E-state index is 10.5. The van der Waals surface area contributed by atoms with Gasteiger partial charge in [-0.25, -0.2) is 4.98 Å². The highest BCUT2D eigenvalue weighted by atomic mass is 35.5. The molecule has 7 heteroatoms. The molecule has 0 unspecified atom stereocenters. The second-order valence-corrected chi connectivity index (χ2v) is 4.73. The first-order valence-electron chi connectivity index (χ1n) is 5.53. The number of anilines is 1. The van der Waals surface area contributed by atoms with Gasteiger partial charge in [0.1, 0.15) is 12.0 Å². The van der Waals surface area contributed by atoms with Crippen LogP contribution in [0.4, 0.5) is 11.5 Å². The van der Waals surface area contributed by atoms with Gasteiger partial charge in [-0.05, 0) is 20.8 Å². The molecular weight excluding hydrogens is 258 g/mol. The SMILES string of the molecule is CCOC(C)(C)CNc1ncc([N+](=O)[O-])cc1Cl. The summed E-state index contributed by atoms with van der Waals surface area (Å²) in [6.07, 6.45) is 1.17. The van der Waals surface area contributed by atoms with E-state index in [0.717, 1.165) is 0 Å². The molecule has 0 amide bonds. The van der Waals surface area contributed by atoms with Crippen molar-refractivity contribution in [3.05, 3.63) is 27.4 Å². The van der Waals surface area contributed by atoms with Gasteiger partial charge in [-0.1, -0.05) is 11.6 Å². The topological polar surface area (TPSA) is 77.3 Å². The Labute approximate surface area is 110 Å². The molecule has 0 aliphatic rings. The highest BCUT2D eigenvalue weighted by molar-refractivity contribution is 6.33. The summed E-state index contributed by atoms with van der Waals surface area (Å²) in [6.45, 7) is 6.89. The monoisotopic (exact) mass is 273 g/mol. The Morgan fingerprint density at radius 1 is 1.61 bits per heavy atom. The van der Waals surface area contributed by atoms with Crippen LogP contribution in [0.15, 0.2) is 12.3 Å². The minimum Gasteiger partial charge on any atom is -0.374 e. The number of nitro groups is 1. The second-order valence-electron chi connectivity index (χ2n) is 4.33. The van der Waals surface area contributed by atoms with Crippen LogP contribution >= 0.6 is 11.6 Å². The van der Waals surface area contributed by atoms with Crippen LogP contribution in [0.2, 0.25) is 5.02 Å². The van der Waals surface area contributed by atoms with E-state index in [2.05, 4.69) is 10.3 Å². The van der Waals surface area contributed by atoms with Crippen LogP contribution in [0.1, 0.15) is 20.8 Å². The van der Waals surface area contributed by atoms with E-state index >= 15 is 0 Å². The lowest BCUT2D eigenvalue weighted by Crippen LogP contribution is -2.33. The van der Waals surface area contributed by atoms with E-state index in [4.69, 9.17) is 16.3 Å². The van der Waals surface area contributed by atoms with E-state index in [-0.39, 0.29) is 16.3 Å². The summed E-state index contributed by atoms with van der Waals surface area (Å²) in [7, 11) is 0. The third-order valence-electron chi connectivity index (χ3n) is 2.25. The molecule has 0 aliphatic carbocycles. The van der Waals surface area contributed by atoms with Gasteiger partial charge < -0.3 is 10.1 Å². The summed E-state index contributed by atoms with van der Waals surface area (Å²) in [5, 5.41) is 13.8. The lowest BCUT2D eigenvalue weighted by molar-refractivity contribution is -0.385. The van der Waals surface area contributed by atoms with Gasteiger partial charge in [-0.2, -0.15) is 0 Å². The van der Waals surface area contributed by atoms with E-state index in [0.29, 0.717) is 19.0 Å². The van der Waals surface area contributed by atoms with E-state index in [9.17, 15) is 10.1 Å². The molecule has 1 heterocycles. The Morgan fingerprint density at radius 2 is 2.28 bits per heavy atom. The van der Waals surface area contributed by atoms with E-state index in [1.165, 1.54) is 12.3 Å². The molecule has 0 saturated carbocycles. The Hall–Kier alpha value is -1.40. The van der Waals surface area contributed by atoms with Gasteiger partial charge in [0.15, 0.2) is 0 Å². The molecule has 6 nitrogen and oxygen atoms in total. The molecule has 0 atom stereocenters. The van der Waals surface area contributed by atoms with Crippen molar-refractivity contribution in [1.82, 2.24) is 4.98 Å². The van der Waals surface area contributed by atoms with Crippen molar-refractivity contribution in [2.24, 2.45) is 0 Å². The Balaban J connectivity index is 2.71. The van der Waals surface area contributed by atoms with E-state index in [1.54, 1.807) is 0 Å². The normalized spacial score (nSPS) is 11.3. The van der Waals surface area contributed by atoms with Crippen molar-refractivity contribution in [1.29, 1.82) is 0 Å². The molecule has 0 bridgehead atoms. The number of hydrogen-bond acceptors (Lipinski definition) is 5. The van der Waals surface area contributed by atoms with E-state index < -0.39 is 4.92 Å². The van der Waals surface area contributed by atoms with Gasteiger partial charge in [-0.3, -0.25) is 10.1 Å². The lowest BCUT2D eigenvalue weighted by Gasteiger charge is -2.25. The molecule has 0 fully saturated rings. The molecule has 0 spiro atoms. The smallest absolute Gasteiger partial charge is 0.289 e. The number of aromatic nitrogens is 1. The third kappa shape index (κ3) is 4.12. The minimum absolute atomic E-state index is 0.130. The largest absolute Gasteiger partial charge is 0.374 e. The fourth-order valence-electron chi connectivity index (χ4n) is 1.40. The Morgan fingerprint density at radius 3 is 2.78 bits per heavy atom. The summed E-state index contributed by atoms with van der Waals surface area (Å²) in [6, 6.07) is 1.27. The fraction of sp³-hybridized carbons (Fsp3) is 0.545. The maximum Gasteiger partial charge on any atom is 0.289 e. The summed E-state index contributed by atoms with van der Waals surface area (Å²) in [5.41, 5.74) is -0.490. The minimum atomic E-state index is -0.535. The number of nitrogens with one attached hydrogen (secondary N) is 1. The zero-order valence-corrected chi connectivity index (χ0v) is 11.3. The first-order valence-corrected chi connectivity index (χ1v) is 5.91. The van der Waals surface area contributed by atoms with Crippen LogP contribution in [-0.2, 0) is 4.74 Å². The highest BCUT2D eigenvalue weighted by Gasteiger charge is 2.18. The zero-order chi connectivity index (χ0) is 13.8. The number of rotatable bonds is 6. The highest BCUT2D eigenvalue weighted by Crippen LogP contribution is 2.24. The predicted octanol–water partition coefficient (Wildman–Crippen LogP) is 2.87. The van der Waals surface area contributed by atoms with Crippen LogP contribution in [0.5, 0.6) is 0 Å². The molecule has 1 rings (SSSR count). The van der Waals surface area contributed by atoms with Crippen molar-refractivity contribution in [2.75, 3.05) is 18.5 Å². The average Bonchev–Trinajstić information content (AvgIpc) is 2.27. The number of ether oxygens (including phenoxy) is 1. The molecule has 0 aliphatic heterocycles. The van der Waals surface area contributed by atoms with Crippen molar-refractivity contribution in [3.63, 3.8) is 0 Å². The molecule has 0 radical (unpaired) electrons. The van der Waals surface area contributed by atoms with Gasteiger partial charge in [0.25, 0.3) is 5.69 Å². The average molecular weight is 274 g/mol. The van der Waals surface area contributed by atoms with Crippen molar-refractivity contribution >= 4 is 23.1 Å². The summed E-state index contributed by atoms with van der Waals surface area (Å²) in [5.74, 6) is 0.412. The van der Waals surface area contributed by atoms with Crippen molar-refractivity contribution in [2.45, 2.75) is 26.4 Å². The third-order valence-corrected chi connectivity index (χ3v) is 2.54. The number of halogens is 1. The van der Waals surface area contributed by atoms with Crippen LogP contribution in [-0.4, -0.2) is 28.7 Å². The summed E-state index contributed by atoms with van der Waals surface area (Å²) < 4.78 is 5.51. The Bertz CT molecular complexity index is 438. The second kappa shape index (κ2) is 5.97. The van der Waals surface area contributed by atoms with Gasteiger partial charge in [0.05, 0.1) is 15.5 Å². The molecule has 100 valence electrons. The number of nitrogens with zero attached hydrogens (tertiary/aromatic N) is 2. The molecular formula is C11H16ClN3O3. The first kappa shape index (κ1) is 14.7. The van der Waals surface area contributed by atoms with Crippen LogP contribution in [0.3, 0.4) is 0 Å². The van der Waals surface area contributed by atoms with Gasteiger partial charge in [-0.15, -0.1) is 0 Å². The Kier molecular flexibility index (Phi) is 4.86. The van der Waals surface area contributed by atoms with Gasteiger partial charge in [0, 0.05) is 19.2 Å². The molecule has 1 N–H and O–H groups in total. The van der Waals surface area contributed by atoms with Gasteiger partial charge >= 0.3 is 0 Å². The standard InChI is InChI=1S/C11H16ClN3O3/c1-4-18-11(2,3)7-14-10-9(12)5-8(6-13-10)15(16)17/h5-6H,4,7H2,1-3H3,(H,13,14). The number of hydrogen-bond donors (Lipinski definition) is 1. The fourth-order valence-corrected chi connectivity index (χ4v) is 1.62. The van der Waals surface area contributed by atoms with Crippen LogP contribution in [0.25, 0.3) is 0 Å². The quantitative estimate of drug-likeness (QED) is 0.637. The predicted molar refractivity (Wildman–Crippen MR) is 70.1 cm³/mol. The summed E-state index contributed by atoms with van der Waals surface area (Å²) >= 11 is 5.91. The van der Waals surface area contributed by atoms with Crippen LogP contribution in [0, 0.1) is 10.1 Å². The molecule has 18 heavy (non-hydrogen) atoms. The first-order chi connectivity index (χ1) is 8.35. The molecule has 1 aromatic rings. The lowest BCUT2D eigenvalue weighted by atomic mass is 10.1. The molecule has 1 aromatic heterocycles. The van der Waals surface area contributed by atoms with Crippen LogP contribution < -0.4 is 5.32 Å². The number of pyridine rings is 1. The molecule has 0 saturated heterocycles. The van der Waals surface area contributed by atoms with E-state index in [1.807, 2.05) is 20.8 Å². The summed E-state index contributed by atoms with van der Waals surface area (Å²) in [4.78, 5) is 13.9. The van der Waals surface area contributed by atoms with Gasteiger partial charge in [0.2, 0.25) is 0 Å². The molecule has 0 aromatic carbocycles. The zero-order valence-electron chi connectivity index (χ0n) is 10.6. The van der Waals surface area contributed by atoms with Crippen molar-refractivity contribution in [3.8, 4) is 0 Å². The van der Waals surface area contributed by atoms with Crippen molar-refractivity contribution < 1.29 is 9.66 Å². The maximum absolute atomic E-state index is 10.5.